The summed E-state index contributed by atoms with van der Waals surface area (Å²) < 4.78 is 1.94. The number of nitrogens with zero attached hydrogens (tertiary/aromatic N) is 1. The third kappa shape index (κ3) is 3.38. The van der Waals surface area contributed by atoms with Crippen molar-refractivity contribution >= 4 is 5.91 Å². The standard InChI is InChI=1S/C12H21N3O/c1-9(2)15-7-5-6-10(15)11(16)14-8-12(3,4)13/h5-7,9H,8,13H2,1-4H3,(H,14,16). The first kappa shape index (κ1) is 12.8. The molecule has 0 fully saturated rings. The highest BCUT2D eigenvalue weighted by Gasteiger charge is 2.16. The van der Waals surface area contributed by atoms with Crippen molar-refractivity contribution in [3.05, 3.63) is 24.0 Å². The van der Waals surface area contributed by atoms with Crippen molar-refractivity contribution in [1.29, 1.82) is 0 Å². The molecule has 1 aromatic heterocycles. The molecule has 1 rings (SSSR count). The Hall–Kier alpha value is -1.29. The molecule has 0 unspecified atom stereocenters. The van der Waals surface area contributed by atoms with E-state index in [0.29, 0.717) is 12.2 Å². The summed E-state index contributed by atoms with van der Waals surface area (Å²) in [6.07, 6.45) is 1.91. The number of amides is 1. The molecule has 90 valence electrons. The van der Waals surface area contributed by atoms with Crippen LogP contribution in [0.4, 0.5) is 0 Å². The van der Waals surface area contributed by atoms with Gasteiger partial charge in [-0.15, -0.1) is 0 Å². The highest BCUT2D eigenvalue weighted by Crippen LogP contribution is 2.10. The molecule has 0 bridgehead atoms. The van der Waals surface area contributed by atoms with E-state index in [9.17, 15) is 4.79 Å². The second kappa shape index (κ2) is 4.70. The van der Waals surface area contributed by atoms with Crippen LogP contribution in [0, 0.1) is 0 Å². The minimum atomic E-state index is -0.384. The lowest BCUT2D eigenvalue weighted by Crippen LogP contribution is -2.45. The smallest absolute Gasteiger partial charge is 0.267 e. The number of carbonyl (C=O) groups is 1. The van der Waals surface area contributed by atoms with Gasteiger partial charge in [-0.3, -0.25) is 4.79 Å². The lowest BCUT2D eigenvalue weighted by molar-refractivity contribution is 0.0935. The van der Waals surface area contributed by atoms with Gasteiger partial charge in [-0.1, -0.05) is 0 Å². The van der Waals surface area contributed by atoms with Crippen LogP contribution in [0.3, 0.4) is 0 Å². The zero-order valence-electron chi connectivity index (χ0n) is 10.4. The Morgan fingerprint density at radius 2 is 2.19 bits per heavy atom. The zero-order chi connectivity index (χ0) is 12.3. The number of hydrogen-bond acceptors (Lipinski definition) is 2. The lowest BCUT2D eigenvalue weighted by Gasteiger charge is -2.19. The fraction of sp³-hybridized carbons (Fsp3) is 0.583. The zero-order valence-corrected chi connectivity index (χ0v) is 10.4. The molecular weight excluding hydrogens is 202 g/mol. The van der Waals surface area contributed by atoms with E-state index < -0.39 is 0 Å². The van der Waals surface area contributed by atoms with Crippen LogP contribution in [0.25, 0.3) is 0 Å². The van der Waals surface area contributed by atoms with Gasteiger partial charge in [0.25, 0.3) is 5.91 Å². The van der Waals surface area contributed by atoms with Crippen LogP contribution < -0.4 is 11.1 Å². The molecule has 0 aliphatic carbocycles. The number of hydrogen-bond donors (Lipinski definition) is 2. The largest absolute Gasteiger partial charge is 0.349 e. The van der Waals surface area contributed by atoms with Crippen LogP contribution >= 0.6 is 0 Å². The Bertz CT molecular complexity index is 361. The minimum Gasteiger partial charge on any atom is -0.349 e. The number of carbonyl (C=O) groups excluding carboxylic acids is 1. The SMILES string of the molecule is CC(C)n1cccc1C(=O)NCC(C)(C)N. The van der Waals surface area contributed by atoms with E-state index in [0.717, 1.165) is 0 Å². The van der Waals surface area contributed by atoms with E-state index in [-0.39, 0.29) is 17.5 Å². The molecule has 0 spiro atoms. The molecule has 0 saturated carbocycles. The van der Waals surface area contributed by atoms with E-state index in [1.54, 1.807) is 0 Å². The molecule has 1 aromatic rings. The summed E-state index contributed by atoms with van der Waals surface area (Å²) >= 11 is 0. The van der Waals surface area contributed by atoms with Crippen molar-refractivity contribution in [2.24, 2.45) is 5.73 Å². The van der Waals surface area contributed by atoms with Gasteiger partial charge in [0, 0.05) is 24.3 Å². The summed E-state index contributed by atoms with van der Waals surface area (Å²) in [5.74, 6) is -0.0720. The fourth-order valence-corrected chi connectivity index (χ4v) is 1.44. The van der Waals surface area contributed by atoms with Crippen LogP contribution in [-0.2, 0) is 0 Å². The molecule has 4 nitrogen and oxygen atoms in total. The van der Waals surface area contributed by atoms with Crippen LogP contribution in [0.15, 0.2) is 18.3 Å². The van der Waals surface area contributed by atoms with Crippen molar-refractivity contribution < 1.29 is 4.79 Å². The topological polar surface area (TPSA) is 60.0 Å². The summed E-state index contributed by atoms with van der Waals surface area (Å²) in [5.41, 5.74) is 6.11. The summed E-state index contributed by atoms with van der Waals surface area (Å²) in [7, 11) is 0. The average Bonchev–Trinajstić information content (AvgIpc) is 2.61. The van der Waals surface area contributed by atoms with Crippen molar-refractivity contribution in [3.63, 3.8) is 0 Å². The second-order valence-corrected chi connectivity index (χ2v) is 5.07. The average molecular weight is 223 g/mol. The molecule has 1 heterocycles. The molecule has 4 heteroatoms. The third-order valence-electron chi connectivity index (χ3n) is 2.27. The van der Waals surface area contributed by atoms with E-state index >= 15 is 0 Å². The molecule has 3 N–H and O–H groups in total. The van der Waals surface area contributed by atoms with Crippen LogP contribution in [0.5, 0.6) is 0 Å². The van der Waals surface area contributed by atoms with E-state index in [1.165, 1.54) is 0 Å². The summed E-state index contributed by atoms with van der Waals surface area (Å²) in [6.45, 7) is 8.33. The molecule has 0 saturated heterocycles. The van der Waals surface area contributed by atoms with E-state index in [4.69, 9.17) is 5.73 Å². The van der Waals surface area contributed by atoms with Gasteiger partial charge in [0.2, 0.25) is 0 Å². The molecule has 0 aliphatic rings. The first-order chi connectivity index (χ1) is 7.31. The summed E-state index contributed by atoms with van der Waals surface area (Å²) in [4.78, 5) is 11.9. The highest BCUT2D eigenvalue weighted by atomic mass is 16.1. The van der Waals surface area contributed by atoms with Crippen molar-refractivity contribution in [3.8, 4) is 0 Å². The van der Waals surface area contributed by atoms with Crippen molar-refractivity contribution in [2.75, 3.05) is 6.54 Å². The van der Waals surface area contributed by atoms with Gasteiger partial charge < -0.3 is 15.6 Å². The lowest BCUT2D eigenvalue weighted by atomic mass is 10.1. The molecule has 0 atom stereocenters. The molecule has 0 aromatic carbocycles. The number of aromatic nitrogens is 1. The number of nitrogens with one attached hydrogen (secondary N) is 1. The monoisotopic (exact) mass is 223 g/mol. The van der Waals surface area contributed by atoms with Gasteiger partial charge in [0.1, 0.15) is 5.69 Å². The van der Waals surface area contributed by atoms with Gasteiger partial charge in [0.15, 0.2) is 0 Å². The maximum atomic E-state index is 11.9. The fourth-order valence-electron chi connectivity index (χ4n) is 1.44. The van der Waals surface area contributed by atoms with Crippen molar-refractivity contribution in [2.45, 2.75) is 39.3 Å². The summed E-state index contributed by atoms with van der Waals surface area (Å²) in [5, 5.41) is 2.84. The Morgan fingerprint density at radius 1 is 1.56 bits per heavy atom. The van der Waals surface area contributed by atoms with Gasteiger partial charge >= 0.3 is 0 Å². The first-order valence-corrected chi connectivity index (χ1v) is 5.55. The molecular formula is C12H21N3O. The number of nitrogens with two attached hydrogens (primary N) is 1. The Labute approximate surface area is 96.8 Å². The maximum absolute atomic E-state index is 11.9. The quantitative estimate of drug-likeness (QED) is 0.813. The minimum absolute atomic E-state index is 0.0720. The van der Waals surface area contributed by atoms with Gasteiger partial charge in [-0.2, -0.15) is 0 Å². The third-order valence-corrected chi connectivity index (χ3v) is 2.27. The maximum Gasteiger partial charge on any atom is 0.267 e. The van der Waals surface area contributed by atoms with E-state index in [2.05, 4.69) is 5.32 Å². The Morgan fingerprint density at radius 3 is 2.69 bits per heavy atom. The van der Waals surface area contributed by atoms with Crippen molar-refractivity contribution in [1.82, 2.24) is 9.88 Å². The predicted molar refractivity (Wildman–Crippen MR) is 65.4 cm³/mol. The molecule has 0 radical (unpaired) electrons. The van der Waals surface area contributed by atoms with Crippen LogP contribution in [0.2, 0.25) is 0 Å². The highest BCUT2D eigenvalue weighted by molar-refractivity contribution is 5.92. The second-order valence-electron chi connectivity index (χ2n) is 5.07. The first-order valence-electron chi connectivity index (χ1n) is 5.55. The van der Waals surface area contributed by atoms with Gasteiger partial charge in [-0.05, 0) is 39.8 Å². The van der Waals surface area contributed by atoms with Crippen LogP contribution in [0.1, 0.15) is 44.2 Å². The molecule has 16 heavy (non-hydrogen) atoms. The van der Waals surface area contributed by atoms with Crippen LogP contribution in [-0.4, -0.2) is 22.6 Å². The Kier molecular flexibility index (Phi) is 3.75. The normalized spacial score (nSPS) is 11.9. The van der Waals surface area contributed by atoms with Gasteiger partial charge in [0.05, 0.1) is 0 Å². The van der Waals surface area contributed by atoms with E-state index in [1.807, 2.05) is 50.6 Å². The molecule has 1 amide bonds. The number of rotatable bonds is 4. The molecule has 0 aliphatic heterocycles. The Balaban J connectivity index is 2.70. The van der Waals surface area contributed by atoms with Gasteiger partial charge in [-0.25, -0.2) is 0 Å². The summed E-state index contributed by atoms with van der Waals surface area (Å²) in [6, 6.07) is 3.98. The predicted octanol–water partition coefficient (Wildman–Crippen LogP) is 1.54.